The van der Waals surface area contributed by atoms with Crippen molar-refractivity contribution in [2.45, 2.75) is 21.6 Å². The van der Waals surface area contributed by atoms with Crippen LogP contribution >= 0.6 is 11.8 Å². The summed E-state index contributed by atoms with van der Waals surface area (Å²) in [6.45, 7) is 1.43. The fourth-order valence-electron chi connectivity index (χ4n) is 2.62. The first-order valence-electron chi connectivity index (χ1n) is 8.98. The Bertz CT molecular complexity index is 1080. The molecule has 0 bridgehead atoms. The molecule has 0 aliphatic heterocycles. The number of ether oxygens (including phenoxy) is 1. The number of anilines is 2. The highest BCUT2D eigenvalue weighted by molar-refractivity contribution is 7.99. The van der Waals surface area contributed by atoms with E-state index in [2.05, 4.69) is 10.0 Å². The maximum Gasteiger partial charge on any atom is 0.339 e. The number of carbonyl (C=O) groups is 2. The molecule has 3 rings (SSSR count). The van der Waals surface area contributed by atoms with Crippen molar-refractivity contribution in [3.63, 3.8) is 0 Å². The number of para-hydroxylation sites is 1. The topological polar surface area (TPSA) is 84.5 Å². The van der Waals surface area contributed by atoms with E-state index < -0.39 is 17.0 Å². The Morgan fingerprint density at radius 3 is 2.20 bits per heavy atom. The predicted octanol–water partition coefficient (Wildman–Crippen LogP) is 4.72. The van der Waals surface area contributed by atoms with Crippen LogP contribution in [0.4, 0.5) is 11.4 Å². The van der Waals surface area contributed by atoms with Crippen molar-refractivity contribution in [2.24, 2.45) is 0 Å². The highest BCUT2D eigenvalue weighted by Crippen LogP contribution is 2.36. The summed E-state index contributed by atoms with van der Waals surface area (Å²) >= 11 is 1.39. The number of amides is 1. The predicted molar refractivity (Wildman–Crippen MR) is 119 cm³/mol. The summed E-state index contributed by atoms with van der Waals surface area (Å²) in [5.41, 5.74) is 1.78. The molecule has 2 N–H and O–H groups in total. The molecule has 0 radical (unpaired) electrons. The fourth-order valence-corrected chi connectivity index (χ4v) is 4.58. The number of carbonyl (C=O) groups excluding carboxylic acids is 2. The highest BCUT2D eigenvalue weighted by atomic mass is 32.2. The van der Waals surface area contributed by atoms with E-state index in [0.717, 1.165) is 9.79 Å². The number of hydrogen-bond acceptors (Lipinski definition) is 5. The van der Waals surface area contributed by atoms with E-state index in [0.29, 0.717) is 21.8 Å². The highest BCUT2D eigenvalue weighted by Gasteiger charge is 2.14. The van der Waals surface area contributed by atoms with E-state index in [1.54, 1.807) is 36.4 Å². The Labute approximate surface area is 181 Å². The van der Waals surface area contributed by atoms with Crippen LogP contribution in [0.2, 0.25) is 0 Å². The minimum atomic E-state index is -1.51. The van der Waals surface area contributed by atoms with Gasteiger partial charge in [0.15, 0.2) is 0 Å². The van der Waals surface area contributed by atoms with Gasteiger partial charge in [-0.2, -0.15) is 0 Å². The second kappa shape index (κ2) is 10.1. The summed E-state index contributed by atoms with van der Waals surface area (Å²) in [5.74, 6) is -0.577. The third kappa shape index (κ3) is 5.49. The molecule has 30 heavy (non-hydrogen) atoms. The van der Waals surface area contributed by atoms with Crippen LogP contribution in [-0.2, 0) is 20.5 Å². The number of esters is 1. The largest absolute Gasteiger partial charge is 0.465 e. The molecule has 0 saturated carbocycles. The Hall–Kier alpha value is -3.10. The molecular formula is C22H20N2O4S2. The van der Waals surface area contributed by atoms with Gasteiger partial charge in [0.1, 0.15) is 11.0 Å². The molecule has 154 valence electrons. The van der Waals surface area contributed by atoms with Crippen LogP contribution in [0, 0.1) is 0 Å². The summed E-state index contributed by atoms with van der Waals surface area (Å²) < 4.78 is 20.7. The smallest absolute Gasteiger partial charge is 0.339 e. The molecule has 3 aromatic carbocycles. The third-order valence-corrected chi connectivity index (χ3v) is 6.25. The first-order chi connectivity index (χ1) is 14.5. The van der Waals surface area contributed by atoms with E-state index in [9.17, 15) is 13.8 Å². The zero-order valence-corrected chi connectivity index (χ0v) is 18.0. The molecule has 0 aromatic heterocycles. The first-order valence-corrected chi connectivity index (χ1v) is 10.9. The Morgan fingerprint density at radius 2 is 1.53 bits per heavy atom. The van der Waals surface area contributed by atoms with Crippen LogP contribution < -0.4 is 10.0 Å². The van der Waals surface area contributed by atoms with Crippen LogP contribution in [0.5, 0.6) is 0 Å². The SMILES string of the molecule is COC(=O)c1ccccc1Sc1ccccc1NS(=O)c1ccc(NC(C)=O)cc1. The average Bonchev–Trinajstić information content (AvgIpc) is 2.75. The normalized spacial score (nSPS) is 11.4. The van der Waals surface area contributed by atoms with E-state index in [1.165, 1.54) is 25.8 Å². The molecule has 0 fully saturated rings. The van der Waals surface area contributed by atoms with E-state index in [-0.39, 0.29) is 5.91 Å². The van der Waals surface area contributed by atoms with E-state index in [4.69, 9.17) is 4.74 Å². The van der Waals surface area contributed by atoms with E-state index in [1.807, 2.05) is 36.4 Å². The number of benzene rings is 3. The number of methoxy groups -OCH3 is 1. The van der Waals surface area contributed by atoms with Crippen LogP contribution in [0.15, 0.2) is 87.5 Å². The van der Waals surface area contributed by atoms with Crippen molar-refractivity contribution in [3.05, 3.63) is 78.4 Å². The van der Waals surface area contributed by atoms with Crippen LogP contribution in [-0.4, -0.2) is 23.2 Å². The minimum absolute atomic E-state index is 0.166. The van der Waals surface area contributed by atoms with Crippen LogP contribution in [0.25, 0.3) is 0 Å². The van der Waals surface area contributed by atoms with Gasteiger partial charge in [0.2, 0.25) is 5.91 Å². The lowest BCUT2D eigenvalue weighted by atomic mass is 10.2. The average molecular weight is 441 g/mol. The van der Waals surface area contributed by atoms with Crippen molar-refractivity contribution in [2.75, 3.05) is 17.1 Å². The monoisotopic (exact) mass is 440 g/mol. The third-order valence-electron chi connectivity index (χ3n) is 3.99. The van der Waals surface area contributed by atoms with Crippen molar-refractivity contribution in [1.29, 1.82) is 0 Å². The van der Waals surface area contributed by atoms with Crippen molar-refractivity contribution < 1.29 is 18.5 Å². The molecule has 0 aliphatic carbocycles. The van der Waals surface area contributed by atoms with Gasteiger partial charge in [0.25, 0.3) is 0 Å². The minimum Gasteiger partial charge on any atom is -0.465 e. The van der Waals surface area contributed by atoms with E-state index >= 15 is 0 Å². The summed E-state index contributed by atoms with van der Waals surface area (Å²) in [5, 5.41) is 2.68. The molecule has 3 aromatic rings. The maximum atomic E-state index is 12.8. The van der Waals surface area contributed by atoms with Crippen molar-refractivity contribution >= 4 is 46.0 Å². The summed E-state index contributed by atoms with van der Waals surface area (Å²) in [7, 11) is -0.160. The molecule has 8 heteroatoms. The Morgan fingerprint density at radius 1 is 0.900 bits per heavy atom. The van der Waals surface area contributed by atoms with Crippen LogP contribution in [0.1, 0.15) is 17.3 Å². The van der Waals surface area contributed by atoms with Gasteiger partial charge in [-0.3, -0.25) is 4.79 Å². The molecule has 1 atom stereocenters. The second-order valence-corrected chi connectivity index (χ2v) is 8.46. The number of nitrogens with one attached hydrogen (secondary N) is 2. The van der Waals surface area contributed by atoms with Gasteiger partial charge in [-0.05, 0) is 48.5 Å². The van der Waals surface area contributed by atoms with Crippen LogP contribution in [0.3, 0.4) is 0 Å². The lowest BCUT2D eigenvalue weighted by Gasteiger charge is -2.13. The second-order valence-electron chi connectivity index (χ2n) is 6.16. The molecule has 6 nitrogen and oxygen atoms in total. The summed E-state index contributed by atoms with van der Waals surface area (Å²) in [6, 6.07) is 21.4. The van der Waals surface area contributed by atoms with Gasteiger partial charge < -0.3 is 14.8 Å². The molecule has 0 heterocycles. The lowest BCUT2D eigenvalue weighted by molar-refractivity contribution is -0.114. The van der Waals surface area contributed by atoms with Gasteiger partial charge in [-0.15, -0.1) is 0 Å². The van der Waals surface area contributed by atoms with Gasteiger partial charge in [0, 0.05) is 22.4 Å². The van der Waals surface area contributed by atoms with Gasteiger partial charge in [-0.1, -0.05) is 36.0 Å². The Kier molecular flexibility index (Phi) is 7.26. The number of hydrogen-bond donors (Lipinski definition) is 2. The molecule has 1 unspecified atom stereocenters. The number of rotatable bonds is 7. The lowest BCUT2D eigenvalue weighted by Crippen LogP contribution is -2.08. The van der Waals surface area contributed by atoms with Crippen molar-refractivity contribution in [3.8, 4) is 0 Å². The van der Waals surface area contributed by atoms with Gasteiger partial charge in [-0.25, -0.2) is 9.00 Å². The quantitative estimate of drug-likeness (QED) is 0.520. The summed E-state index contributed by atoms with van der Waals surface area (Å²) in [4.78, 5) is 25.3. The Balaban J connectivity index is 1.80. The molecule has 0 aliphatic rings. The molecule has 0 spiro atoms. The summed E-state index contributed by atoms with van der Waals surface area (Å²) in [6.07, 6.45) is 0. The van der Waals surface area contributed by atoms with Gasteiger partial charge >= 0.3 is 5.97 Å². The maximum absolute atomic E-state index is 12.8. The zero-order valence-electron chi connectivity index (χ0n) is 16.4. The fraction of sp³-hybridized carbons (Fsp3) is 0.0909. The standard InChI is InChI=1S/C22H20N2O4S2/c1-15(25)23-16-11-13-17(14-12-16)30(27)24-19-8-4-6-10-21(19)29-20-9-5-3-7-18(20)22(26)28-2/h3-14,24H,1-2H3,(H,23,25). The molecule has 0 saturated heterocycles. The first kappa shape index (κ1) is 21.6. The molecular weight excluding hydrogens is 420 g/mol. The zero-order chi connectivity index (χ0) is 21.5. The molecule has 1 amide bonds. The van der Waals surface area contributed by atoms with Crippen molar-refractivity contribution in [1.82, 2.24) is 0 Å². The van der Waals surface area contributed by atoms with Gasteiger partial charge in [0.05, 0.1) is 23.3 Å².